The Labute approximate surface area is 183 Å². The Hall–Kier alpha value is -3.06. The number of nitrogens with one attached hydrogen (secondary N) is 2. The van der Waals surface area contributed by atoms with Crippen molar-refractivity contribution in [3.05, 3.63) is 65.7 Å². The molecular formula is C23H29N3O3S. The van der Waals surface area contributed by atoms with Crippen molar-refractivity contribution in [3.8, 4) is 17.2 Å². The zero-order chi connectivity index (χ0) is 21.8. The van der Waals surface area contributed by atoms with Crippen molar-refractivity contribution in [1.29, 1.82) is 0 Å². The van der Waals surface area contributed by atoms with Crippen LogP contribution in [0, 0.1) is 13.8 Å². The van der Waals surface area contributed by atoms with Crippen molar-refractivity contribution in [3.63, 3.8) is 0 Å². The first-order chi connectivity index (χ1) is 14.5. The maximum atomic E-state index is 5.85. The minimum Gasteiger partial charge on any atom is -0.493 e. The van der Waals surface area contributed by atoms with Gasteiger partial charge in [0.15, 0.2) is 16.6 Å². The fourth-order valence-corrected chi connectivity index (χ4v) is 2.62. The van der Waals surface area contributed by atoms with E-state index in [0.29, 0.717) is 36.4 Å². The summed E-state index contributed by atoms with van der Waals surface area (Å²) < 4.78 is 17.1. The molecule has 2 rings (SSSR count). The van der Waals surface area contributed by atoms with Gasteiger partial charge in [-0.05, 0) is 73.1 Å². The van der Waals surface area contributed by atoms with Crippen LogP contribution in [-0.4, -0.2) is 38.2 Å². The summed E-state index contributed by atoms with van der Waals surface area (Å²) in [6.07, 6.45) is 4.14. The first-order valence-corrected chi connectivity index (χ1v) is 10.1. The average molecular weight is 428 g/mol. The molecule has 0 amide bonds. The first kappa shape index (κ1) is 23.2. The van der Waals surface area contributed by atoms with Gasteiger partial charge in [-0.15, -0.1) is 6.58 Å². The Morgan fingerprint density at radius 2 is 1.87 bits per heavy atom. The number of thiocarbonyl (C=S) groups is 1. The lowest BCUT2D eigenvalue weighted by molar-refractivity contribution is 0.240. The third kappa shape index (κ3) is 7.75. The SMILES string of the molecule is C=CCNC(=S)N/N=C/c1ccc(OCCCOc2ccc(C)c(C)c2)c(OC)c1. The summed E-state index contributed by atoms with van der Waals surface area (Å²) in [4.78, 5) is 0. The first-order valence-electron chi connectivity index (χ1n) is 9.72. The third-order valence-electron chi connectivity index (χ3n) is 4.27. The van der Waals surface area contributed by atoms with Gasteiger partial charge in [0, 0.05) is 13.0 Å². The summed E-state index contributed by atoms with van der Waals surface area (Å²) in [6.45, 7) is 9.48. The molecular weight excluding hydrogens is 398 g/mol. The van der Waals surface area contributed by atoms with Crippen LogP contribution in [0.3, 0.4) is 0 Å². The van der Waals surface area contributed by atoms with Gasteiger partial charge in [0.25, 0.3) is 0 Å². The quantitative estimate of drug-likeness (QED) is 0.185. The molecule has 2 N–H and O–H groups in total. The van der Waals surface area contributed by atoms with Crippen molar-refractivity contribution >= 4 is 23.5 Å². The molecule has 0 atom stereocenters. The van der Waals surface area contributed by atoms with E-state index in [-0.39, 0.29) is 0 Å². The van der Waals surface area contributed by atoms with E-state index in [4.69, 9.17) is 26.4 Å². The van der Waals surface area contributed by atoms with Gasteiger partial charge in [0.05, 0.1) is 26.5 Å². The Bertz CT molecular complexity index is 884. The maximum Gasteiger partial charge on any atom is 0.187 e. The zero-order valence-electron chi connectivity index (χ0n) is 17.7. The predicted octanol–water partition coefficient (Wildman–Crippen LogP) is 4.14. The highest BCUT2D eigenvalue weighted by atomic mass is 32.1. The van der Waals surface area contributed by atoms with Gasteiger partial charge in [0.2, 0.25) is 0 Å². The topological polar surface area (TPSA) is 64.1 Å². The van der Waals surface area contributed by atoms with Crippen LogP contribution in [0.2, 0.25) is 0 Å². The molecule has 0 bridgehead atoms. The second-order valence-electron chi connectivity index (χ2n) is 6.58. The average Bonchev–Trinajstić information content (AvgIpc) is 2.75. The summed E-state index contributed by atoms with van der Waals surface area (Å²) >= 11 is 5.08. The van der Waals surface area contributed by atoms with E-state index >= 15 is 0 Å². The van der Waals surface area contributed by atoms with Gasteiger partial charge in [-0.2, -0.15) is 5.10 Å². The van der Waals surface area contributed by atoms with Crippen molar-refractivity contribution in [2.75, 3.05) is 26.9 Å². The van der Waals surface area contributed by atoms with Crippen LogP contribution < -0.4 is 25.0 Å². The highest BCUT2D eigenvalue weighted by Gasteiger charge is 2.05. The molecule has 30 heavy (non-hydrogen) atoms. The van der Waals surface area contributed by atoms with Gasteiger partial charge in [-0.1, -0.05) is 12.1 Å². The van der Waals surface area contributed by atoms with Gasteiger partial charge < -0.3 is 19.5 Å². The highest BCUT2D eigenvalue weighted by molar-refractivity contribution is 7.80. The van der Waals surface area contributed by atoms with E-state index in [1.165, 1.54) is 11.1 Å². The molecule has 6 nitrogen and oxygen atoms in total. The molecule has 2 aromatic carbocycles. The van der Waals surface area contributed by atoms with E-state index in [2.05, 4.69) is 48.4 Å². The van der Waals surface area contributed by atoms with Crippen molar-refractivity contribution in [2.24, 2.45) is 5.10 Å². The second-order valence-corrected chi connectivity index (χ2v) is 6.98. The van der Waals surface area contributed by atoms with Crippen LogP contribution in [0.5, 0.6) is 17.2 Å². The molecule has 0 aromatic heterocycles. The monoisotopic (exact) mass is 427 g/mol. The molecule has 2 aromatic rings. The number of ether oxygens (including phenoxy) is 3. The van der Waals surface area contributed by atoms with Crippen LogP contribution in [-0.2, 0) is 0 Å². The molecule has 160 valence electrons. The number of rotatable bonds is 11. The minimum atomic E-state index is 0.432. The standard InChI is InChI=1S/C23H29N3O3S/c1-5-11-24-23(30)26-25-16-19-8-10-21(22(15-19)27-4)29-13-6-12-28-20-9-7-17(2)18(3)14-20/h5,7-10,14-16H,1,6,11-13H2,2-4H3,(H2,24,26,30)/b25-16+. The lowest BCUT2D eigenvalue weighted by Gasteiger charge is -2.12. The number of hydrogen-bond acceptors (Lipinski definition) is 5. The largest absolute Gasteiger partial charge is 0.493 e. The fraction of sp³-hybridized carbons (Fsp3) is 0.304. The molecule has 7 heteroatoms. The summed E-state index contributed by atoms with van der Waals surface area (Å²) in [5.74, 6) is 2.20. The van der Waals surface area contributed by atoms with E-state index in [9.17, 15) is 0 Å². The molecule has 0 aliphatic carbocycles. The number of nitrogens with zero attached hydrogens (tertiary/aromatic N) is 1. The molecule has 0 aliphatic rings. The fourth-order valence-electron chi connectivity index (χ4n) is 2.49. The Balaban J connectivity index is 1.79. The summed E-state index contributed by atoms with van der Waals surface area (Å²) in [5, 5.41) is 7.46. The van der Waals surface area contributed by atoms with Gasteiger partial charge in [-0.3, -0.25) is 5.43 Å². The molecule has 0 fully saturated rings. The number of hydrazone groups is 1. The Morgan fingerprint density at radius 3 is 2.60 bits per heavy atom. The minimum absolute atomic E-state index is 0.432. The summed E-state index contributed by atoms with van der Waals surface area (Å²) in [6, 6.07) is 11.7. The summed E-state index contributed by atoms with van der Waals surface area (Å²) in [7, 11) is 1.61. The molecule has 0 saturated carbocycles. The molecule has 0 aliphatic heterocycles. The zero-order valence-corrected chi connectivity index (χ0v) is 18.6. The van der Waals surface area contributed by atoms with Crippen LogP contribution in [0.25, 0.3) is 0 Å². The predicted molar refractivity (Wildman–Crippen MR) is 126 cm³/mol. The Kier molecular flexibility index (Phi) is 9.67. The van der Waals surface area contributed by atoms with Gasteiger partial charge in [-0.25, -0.2) is 0 Å². The van der Waals surface area contributed by atoms with Gasteiger partial charge >= 0.3 is 0 Å². The van der Waals surface area contributed by atoms with Crippen molar-refractivity contribution in [1.82, 2.24) is 10.7 Å². The van der Waals surface area contributed by atoms with Crippen LogP contribution in [0.4, 0.5) is 0 Å². The molecule has 0 spiro atoms. The van der Waals surface area contributed by atoms with Crippen molar-refractivity contribution < 1.29 is 14.2 Å². The van der Waals surface area contributed by atoms with Crippen molar-refractivity contribution in [2.45, 2.75) is 20.3 Å². The molecule has 0 unspecified atom stereocenters. The van der Waals surface area contributed by atoms with E-state index in [1.807, 2.05) is 24.3 Å². The van der Waals surface area contributed by atoms with Crippen LogP contribution in [0.1, 0.15) is 23.1 Å². The Morgan fingerprint density at radius 1 is 1.07 bits per heavy atom. The van der Waals surface area contributed by atoms with Crippen LogP contribution >= 0.6 is 12.2 Å². The number of aryl methyl sites for hydroxylation is 2. The van der Waals surface area contributed by atoms with E-state index in [0.717, 1.165) is 17.7 Å². The van der Waals surface area contributed by atoms with Gasteiger partial charge in [0.1, 0.15) is 5.75 Å². The number of hydrogen-bond donors (Lipinski definition) is 2. The number of benzene rings is 2. The number of methoxy groups -OCH3 is 1. The third-order valence-corrected chi connectivity index (χ3v) is 4.50. The van der Waals surface area contributed by atoms with Crippen LogP contribution in [0.15, 0.2) is 54.2 Å². The maximum absolute atomic E-state index is 5.85. The normalized spacial score (nSPS) is 10.5. The molecule has 0 heterocycles. The lowest BCUT2D eigenvalue weighted by Crippen LogP contribution is -2.31. The lowest BCUT2D eigenvalue weighted by atomic mass is 10.1. The second kappa shape index (κ2) is 12.5. The van der Waals surface area contributed by atoms with E-state index in [1.54, 1.807) is 19.4 Å². The summed E-state index contributed by atoms with van der Waals surface area (Å²) in [5.41, 5.74) is 6.08. The molecule has 0 radical (unpaired) electrons. The van der Waals surface area contributed by atoms with E-state index < -0.39 is 0 Å². The molecule has 0 saturated heterocycles. The highest BCUT2D eigenvalue weighted by Crippen LogP contribution is 2.27. The smallest absolute Gasteiger partial charge is 0.187 e.